The fourth-order valence-corrected chi connectivity index (χ4v) is 1.81. The highest BCUT2D eigenvalue weighted by atomic mass is 19.4. The molecule has 0 saturated heterocycles. The van der Waals surface area contributed by atoms with E-state index in [0.29, 0.717) is 11.1 Å². The highest BCUT2D eigenvalue weighted by molar-refractivity contribution is 5.95. The van der Waals surface area contributed by atoms with Crippen LogP contribution in [-0.2, 0) is 4.79 Å². The molecule has 7 heteroatoms. The van der Waals surface area contributed by atoms with E-state index >= 15 is 0 Å². The topological polar surface area (TPSA) is 66.4 Å². The molecule has 0 aliphatic carbocycles. The van der Waals surface area contributed by atoms with E-state index in [4.69, 9.17) is 5.11 Å². The second kappa shape index (κ2) is 5.88. The van der Waals surface area contributed by atoms with Crippen molar-refractivity contribution in [3.63, 3.8) is 0 Å². The van der Waals surface area contributed by atoms with Crippen LogP contribution in [0.2, 0.25) is 0 Å². The number of carboxylic acid groups (broad SMARTS) is 1. The van der Waals surface area contributed by atoms with Gasteiger partial charge in [-0.1, -0.05) is 24.3 Å². The average molecular weight is 309 g/mol. The van der Waals surface area contributed by atoms with Gasteiger partial charge in [0.15, 0.2) is 0 Å². The summed E-state index contributed by atoms with van der Waals surface area (Å²) in [6.07, 6.45) is -4.97. The maximum Gasteiger partial charge on any atom is 0.471 e. The number of carboxylic acids is 1. The van der Waals surface area contributed by atoms with Gasteiger partial charge in [-0.2, -0.15) is 13.2 Å². The van der Waals surface area contributed by atoms with Crippen LogP contribution < -0.4 is 5.32 Å². The van der Waals surface area contributed by atoms with Crippen molar-refractivity contribution in [1.29, 1.82) is 0 Å². The van der Waals surface area contributed by atoms with Crippen molar-refractivity contribution in [3.8, 4) is 11.1 Å². The van der Waals surface area contributed by atoms with E-state index in [0.717, 1.165) is 0 Å². The third kappa shape index (κ3) is 3.63. The van der Waals surface area contributed by atoms with Gasteiger partial charge in [0.2, 0.25) is 0 Å². The molecule has 0 unspecified atom stereocenters. The number of halogens is 3. The van der Waals surface area contributed by atoms with Crippen LogP contribution in [0.1, 0.15) is 10.4 Å². The van der Waals surface area contributed by atoms with Crippen LogP contribution in [0, 0.1) is 0 Å². The van der Waals surface area contributed by atoms with Gasteiger partial charge in [-0.25, -0.2) is 4.79 Å². The Hall–Kier alpha value is -2.83. The van der Waals surface area contributed by atoms with Crippen molar-refractivity contribution in [2.45, 2.75) is 6.18 Å². The van der Waals surface area contributed by atoms with Crippen LogP contribution in [0.4, 0.5) is 18.9 Å². The Labute approximate surface area is 123 Å². The molecule has 0 heterocycles. The molecule has 2 aromatic carbocycles. The lowest BCUT2D eigenvalue weighted by molar-refractivity contribution is -0.167. The number of nitrogens with one attached hydrogen (secondary N) is 1. The van der Waals surface area contributed by atoms with Crippen LogP contribution in [0.25, 0.3) is 11.1 Å². The lowest BCUT2D eigenvalue weighted by Gasteiger charge is -2.09. The summed E-state index contributed by atoms with van der Waals surface area (Å²) in [5, 5.41) is 10.7. The number of hydrogen-bond donors (Lipinski definition) is 2. The molecule has 0 atom stereocenters. The minimum absolute atomic E-state index is 0.0273. The molecular formula is C15H10F3NO3. The largest absolute Gasteiger partial charge is 0.478 e. The molecule has 22 heavy (non-hydrogen) atoms. The van der Waals surface area contributed by atoms with Crippen molar-refractivity contribution in [2.75, 3.05) is 5.32 Å². The van der Waals surface area contributed by atoms with Crippen LogP contribution in [0.3, 0.4) is 0 Å². The van der Waals surface area contributed by atoms with Crippen LogP contribution in [0.15, 0.2) is 48.5 Å². The smallest absolute Gasteiger partial charge is 0.471 e. The van der Waals surface area contributed by atoms with Gasteiger partial charge in [0.1, 0.15) is 0 Å². The van der Waals surface area contributed by atoms with E-state index in [2.05, 4.69) is 0 Å². The summed E-state index contributed by atoms with van der Waals surface area (Å²) in [5.74, 6) is -3.17. The lowest BCUT2D eigenvalue weighted by Crippen LogP contribution is -2.29. The number of hydrogen-bond acceptors (Lipinski definition) is 2. The number of rotatable bonds is 3. The zero-order valence-corrected chi connectivity index (χ0v) is 11.0. The number of carbonyl (C=O) groups is 2. The zero-order valence-electron chi connectivity index (χ0n) is 11.0. The molecule has 0 saturated carbocycles. The normalized spacial score (nSPS) is 11.0. The molecule has 1 amide bonds. The van der Waals surface area contributed by atoms with Gasteiger partial charge in [-0.05, 0) is 35.4 Å². The molecule has 2 N–H and O–H groups in total. The SMILES string of the molecule is O=C(O)c1cccc(-c2cccc(NC(=O)C(F)(F)F)c2)c1. The molecule has 114 valence electrons. The van der Waals surface area contributed by atoms with Gasteiger partial charge >= 0.3 is 18.1 Å². The Balaban J connectivity index is 2.31. The summed E-state index contributed by atoms with van der Waals surface area (Å²) >= 11 is 0. The van der Waals surface area contributed by atoms with Crippen molar-refractivity contribution < 1.29 is 27.9 Å². The molecule has 4 nitrogen and oxygen atoms in total. The maximum absolute atomic E-state index is 12.2. The summed E-state index contributed by atoms with van der Waals surface area (Å²) in [6, 6.07) is 11.7. The third-order valence-corrected chi connectivity index (χ3v) is 2.82. The van der Waals surface area contributed by atoms with Crippen molar-refractivity contribution in [1.82, 2.24) is 0 Å². The first-order valence-corrected chi connectivity index (χ1v) is 6.09. The van der Waals surface area contributed by atoms with Gasteiger partial charge in [0.05, 0.1) is 5.56 Å². The van der Waals surface area contributed by atoms with E-state index in [-0.39, 0.29) is 11.3 Å². The molecule has 0 bridgehead atoms. The first kappa shape index (κ1) is 15.6. The molecule has 2 rings (SSSR count). The van der Waals surface area contributed by atoms with E-state index in [1.165, 1.54) is 36.4 Å². The fraction of sp³-hybridized carbons (Fsp3) is 0.0667. The number of anilines is 1. The maximum atomic E-state index is 12.2. The first-order valence-electron chi connectivity index (χ1n) is 6.09. The lowest BCUT2D eigenvalue weighted by atomic mass is 10.0. The van der Waals surface area contributed by atoms with Crippen molar-refractivity contribution in [2.24, 2.45) is 0 Å². The van der Waals surface area contributed by atoms with Crippen molar-refractivity contribution in [3.05, 3.63) is 54.1 Å². The third-order valence-electron chi connectivity index (χ3n) is 2.82. The van der Waals surface area contributed by atoms with Gasteiger partial charge in [0.25, 0.3) is 0 Å². The number of carbonyl (C=O) groups excluding carboxylic acids is 1. The number of alkyl halides is 3. The minimum atomic E-state index is -4.97. The number of amides is 1. The van der Waals surface area contributed by atoms with Crippen molar-refractivity contribution >= 4 is 17.6 Å². The first-order chi connectivity index (χ1) is 10.3. The summed E-state index contributed by atoms with van der Waals surface area (Å²) in [4.78, 5) is 21.8. The molecule has 0 aliphatic rings. The average Bonchev–Trinajstić information content (AvgIpc) is 2.46. The predicted molar refractivity (Wildman–Crippen MR) is 73.5 cm³/mol. The number of benzene rings is 2. The molecule has 0 aromatic heterocycles. The van der Waals surface area contributed by atoms with Gasteiger partial charge in [-0.3, -0.25) is 4.79 Å². The molecule has 2 aromatic rings. The fourth-order valence-electron chi connectivity index (χ4n) is 1.81. The van der Waals surface area contributed by atoms with E-state index in [1.807, 2.05) is 0 Å². The quantitative estimate of drug-likeness (QED) is 0.911. The Kier molecular flexibility index (Phi) is 4.16. The monoisotopic (exact) mass is 309 g/mol. The highest BCUT2D eigenvalue weighted by Gasteiger charge is 2.38. The van der Waals surface area contributed by atoms with E-state index < -0.39 is 18.1 Å². The Morgan fingerprint density at radius 1 is 0.955 bits per heavy atom. The zero-order chi connectivity index (χ0) is 16.3. The Morgan fingerprint density at radius 3 is 2.14 bits per heavy atom. The summed E-state index contributed by atoms with van der Waals surface area (Å²) in [5.41, 5.74) is 1.04. The summed E-state index contributed by atoms with van der Waals surface area (Å²) < 4.78 is 36.7. The van der Waals surface area contributed by atoms with Crippen LogP contribution >= 0.6 is 0 Å². The van der Waals surface area contributed by atoms with E-state index in [1.54, 1.807) is 17.4 Å². The Bertz CT molecular complexity index is 726. The molecule has 0 fully saturated rings. The highest BCUT2D eigenvalue weighted by Crippen LogP contribution is 2.25. The molecule has 0 radical (unpaired) electrons. The van der Waals surface area contributed by atoms with Gasteiger partial charge in [0, 0.05) is 5.69 Å². The molecular weight excluding hydrogens is 299 g/mol. The standard InChI is InChI=1S/C15H10F3NO3/c16-15(17,18)14(22)19-12-6-2-4-10(8-12)9-3-1-5-11(7-9)13(20)21/h1-8H,(H,19,22)(H,20,21). The van der Waals surface area contributed by atoms with Crippen LogP contribution in [-0.4, -0.2) is 23.2 Å². The van der Waals surface area contributed by atoms with E-state index in [9.17, 15) is 22.8 Å². The number of aromatic carboxylic acids is 1. The second-order valence-corrected chi connectivity index (χ2v) is 4.42. The van der Waals surface area contributed by atoms with Gasteiger partial charge in [-0.15, -0.1) is 0 Å². The van der Waals surface area contributed by atoms with Gasteiger partial charge < -0.3 is 10.4 Å². The second-order valence-electron chi connectivity index (χ2n) is 4.42. The summed E-state index contributed by atoms with van der Waals surface area (Å²) in [6.45, 7) is 0. The minimum Gasteiger partial charge on any atom is -0.478 e. The predicted octanol–water partition coefficient (Wildman–Crippen LogP) is 3.55. The summed E-state index contributed by atoms with van der Waals surface area (Å²) in [7, 11) is 0. The Morgan fingerprint density at radius 2 is 1.55 bits per heavy atom. The van der Waals surface area contributed by atoms with Crippen LogP contribution in [0.5, 0.6) is 0 Å². The molecule has 0 spiro atoms. The molecule has 0 aliphatic heterocycles.